The molecule has 20 heavy (non-hydrogen) atoms. The number of rotatable bonds is 6. The summed E-state index contributed by atoms with van der Waals surface area (Å²) >= 11 is 0. The maximum absolute atomic E-state index is 11.7. The van der Waals surface area contributed by atoms with Crippen LogP contribution in [0.4, 0.5) is 5.95 Å². The number of imidazole rings is 1. The summed E-state index contributed by atoms with van der Waals surface area (Å²) in [6, 6.07) is -0.816. The molecular formula is C10H13N5O5. The maximum Gasteiger partial charge on any atom is 0.293 e. The fourth-order valence-corrected chi connectivity index (χ4v) is 1.78. The Bertz CT molecular complexity index is 666. The van der Waals surface area contributed by atoms with Crippen molar-refractivity contribution in [1.82, 2.24) is 19.5 Å². The number of nitrogens with two attached hydrogens (primary N) is 1. The van der Waals surface area contributed by atoms with Gasteiger partial charge >= 0.3 is 0 Å². The molecule has 0 aromatic carbocycles. The van der Waals surface area contributed by atoms with Crippen LogP contribution in [0.15, 0.2) is 11.1 Å². The summed E-state index contributed by atoms with van der Waals surface area (Å²) in [7, 11) is 1.28. The Hall–Kier alpha value is -2.46. The average Bonchev–Trinajstić information content (AvgIpc) is 2.83. The molecule has 108 valence electrons. The number of aromatic amines is 1. The number of carbonyl (C=O) groups excluding carboxylic acids is 1. The molecule has 2 aromatic rings. The minimum absolute atomic E-state index is 0.0543. The SMILES string of the molecule is COC(O)C(COC=O)n1cnc2c(=O)[nH]c(N)nc21. The van der Waals surface area contributed by atoms with Gasteiger partial charge in [-0.1, -0.05) is 0 Å². The van der Waals surface area contributed by atoms with E-state index in [1.165, 1.54) is 18.0 Å². The van der Waals surface area contributed by atoms with Gasteiger partial charge in [-0.05, 0) is 0 Å². The van der Waals surface area contributed by atoms with E-state index in [0.717, 1.165) is 0 Å². The fourth-order valence-electron chi connectivity index (χ4n) is 1.78. The number of ether oxygens (including phenoxy) is 2. The van der Waals surface area contributed by atoms with Crippen LogP contribution in [-0.2, 0) is 14.3 Å². The molecule has 0 saturated heterocycles. The third-order valence-electron chi connectivity index (χ3n) is 2.71. The molecule has 0 aliphatic rings. The molecule has 0 aliphatic carbocycles. The second kappa shape index (κ2) is 5.67. The van der Waals surface area contributed by atoms with E-state index in [2.05, 4.69) is 19.7 Å². The zero-order valence-electron chi connectivity index (χ0n) is 10.5. The first-order valence-electron chi connectivity index (χ1n) is 5.57. The molecule has 0 spiro atoms. The van der Waals surface area contributed by atoms with Gasteiger partial charge in [-0.3, -0.25) is 14.6 Å². The maximum atomic E-state index is 11.7. The third-order valence-corrected chi connectivity index (χ3v) is 2.71. The lowest BCUT2D eigenvalue weighted by Crippen LogP contribution is -2.29. The molecule has 0 aliphatic heterocycles. The van der Waals surface area contributed by atoms with Crippen LogP contribution in [0.25, 0.3) is 11.2 Å². The number of aliphatic hydroxyl groups is 1. The average molecular weight is 283 g/mol. The molecular weight excluding hydrogens is 270 g/mol. The number of aliphatic hydroxyl groups excluding tert-OH is 1. The first kappa shape index (κ1) is 14.0. The Kier molecular flexibility index (Phi) is 3.96. The van der Waals surface area contributed by atoms with Crippen LogP contribution < -0.4 is 11.3 Å². The van der Waals surface area contributed by atoms with Crippen molar-refractivity contribution in [1.29, 1.82) is 0 Å². The van der Waals surface area contributed by atoms with Crippen LogP contribution in [0.1, 0.15) is 6.04 Å². The van der Waals surface area contributed by atoms with Crippen molar-refractivity contribution < 1.29 is 19.4 Å². The first-order chi connectivity index (χ1) is 9.58. The van der Waals surface area contributed by atoms with Gasteiger partial charge in [0.15, 0.2) is 17.5 Å². The molecule has 2 rings (SSSR count). The van der Waals surface area contributed by atoms with Crippen LogP contribution in [-0.4, -0.2) is 51.1 Å². The number of aromatic nitrogens is 4. The molecule has 10 nitrogen and oxygen atoms in total. The molecule has 2 heterocycles. The molecule has 0 radical (unpaired) electrons. The number of nitrogens with one attached hydrogen (secondary N) is 1. The highest BCUT2D eigenvalue weighted by atomic mass is 16.6. The summed E-state index contributed by atoms with van der Waals surface area (Å²) in [5.74, 6) is -0.0915. The van der Waals surface area contributed by atoms with Gasteiger partial charge < -0.3 is 24.9 Å². The number of nitrogen functional groups attached to an aromatic ring is 1. The van der Waals surface area contributed by atoms with E-state index in [0.29, 0.717) is 0 Å². The van der Waals surface area contributed by atoms with E-state index in [4.69, 9.17) is 10.5 Å². The highest BCUT2D eigenvalue weighted by molar-refractivity contribution is 5.70. The normalized spacial score (nSPS) is 14.1. The smallest absolute Gasteiger partial charge is 0.293 e. The summed E-state index contributed by atoms with van der Waals surface area (Å²) < 4.78 is 10.8. The largest absolute Gasteiger partial charge is 0.465 e. The summed E-state index contributed by atoms with van der Waals surface area (Å²) in [6.07, 6.45) is 0.00241. The molecule has 0 bridgehead atoms. The van der Waals surface area contributed by atoms with Crippen molar-refractivity contribution in [2.24, 2.45) is 0 Å². The predicted molar refractivity (Wildman–Crippen MR) is 66.6 cm³/mol. The van der Waals surface area contributed by atoms with Gasteiger partial charge in [0, 0.05) is 7.11 Å². The van der Waals surface area contributed by atoms with Gasteiger partial charge in [-0.15, -0.1) is 0 Å². The van der Waals surface area contributed by atoms with Crippen molar-refractivity contribution in [3.63, 3.8) is 0 Å². The molecule has 0 saturated carbocycles. The number of carbonyl (C=O) groups is 1. The second-order valence-corrected chi connectivity index (χ2v) is 3.90. The van der Waals surface area contributed by atoms with Crippen molar-refractivity contribution in [2.45, 2.75) is 12.3 Å². The number of fused-ring (bicyclic) bond motifs is 1. The second-order valence-electron chi connectivity index (χ2n) is 3.90. The number of methoxy groups -OCH3 is 1. The van der Waals surface area contributed by atoms with Crippen LogP contribution in [0.5, 0.6) is 0 Å². The van der Waals surface area contributed by atoms with E-state index in [1.54, 1.807) is 0 Å². The molecule has 2 unspecified atom stereocenters. The molecule has 2 aromatic heterocycles. The zero-order valence-corrected chi connectivity index (χ0v) is 10.5. The Morgan fingerprint density at radius 3 is 3.05 bits per heavy atom. The van der Waals surface area contributed by atoms with E-state index < -0.39 is 17.9 Å². The van der Waals surface area contributed by atoms with E-state index in [9.17, 15) is 14.7 Å². The standard InChI is InChI=1S/C10H13N5O5/c1-19-9(18)5(2-20-4-16)15-3-12-6-7(15)13-10(11)14-8(6)17/h3-5,9,18H,2H2,1H3,(H3,11,13,14,17). The Morgan fingerprint density at radius 2 is 2.40 bits per heavy atom. The van der Waals surface area contributed by atoms with Crippen LogP contribution in [0, 0.1) is 0 Å². The summed E-state index contributed by atoms with van der Waals surface area (Å²) in [4.78, 5) is 32.1. The molecule has 4 N–H and O–H groups in total. The molecule has 2 atom stereocenters. The van der Waals surface area contributed by atoms with Gasteiger partial charge in [-0.2, -0.15) is 4.98 Å². The lowest BCUT2D eigenvalue weighted by atomic mass is 10.3. The minimum atomic E-state index is -1.28. The topological polar surface area (TPSA) is 145 Å². The van der Waals surface area contributed by atoms with Gasteiger partial charge in [0.05, 0.1) is 6.33 Å². The Balaban J connectivity index is 2.52. The van der Waals surface area contributed by atoms with Crippen molar-refractivity contribution in [3.05, 3.63) is 16.7 Å². The van der Waals surface area contributed by atoms with E-state index in [1.807, 2.05) is 0 Å². The quantitative estimate of drug-likeness (QED) is 0.423. The number of nitrogens with zero attached hydrogens (tertiary/aromatic N) is 3. The number of hydrogen-bond acceptors (Lipinski definition) is 8. The zero-order chi connectivity index (χ0) is 14.7. The highest BCUT2D eigenvalue weighted by Gasteiger charge is 2.25. The van der Waals surface area contributed by atoms with Crippen molar-refractivity contribution in [3.8, 4) is 0 Å². The van der Waals surface area contributed by atoms with Gasteiger partial charge in [-0.25, -0.2) is 4.98 Å². The number of anilines is 1. The molecule has 0 fully saturated rings. The number of H-pyrrole nitrogens is 1. The number of hydrogen-bond donors (Lipinski definition) is 3. The summed E-state index contributed by atoms with van der Waals surface area (Å²) in [5.41, 5.74) is 5.18. The van der Waals surface area contributed by atoms with Gasteiger partial charge in [0.1, 0.15) is 12.6 Å². The lowest BCUT2D eigenvalue weighted by Gasteiger charge is -2.22. The Morgan fingerprint density at radius 1 is 1.65 bits per heavy atom. The Labute approximate surface area is 112 Å². The van der Waals surface area contributed by atoms with Gasteiger partial charge in [0.2, 0.25) is 5.95 Å². The van der Waals surface area contributed by atoms with Crippen molar-refractivity contribution >= 4 is 23.6 Å². The lowest BCUT2D eigenvalue weighted by molar-refractivity contribution is -0.141. The monoisotopic (exact) mass is 283 g/mol. The highest BCUT2D eigenvalue weighted by Crippen LogP contribution is 2.18. The third kappa shape index (κ3) is 2.46. The van der Waals surface area contributed by atoms with E-state index in [-0.39, 0.29) is 30.2 Å². The fraction of sp³-hybridized carbons (Fsp3) is 0.400. The van der Waals surface area contributed by atoms with Crippen molar-refractivity contribution in [2.75, 3.05) is 19.5 Å². The molecule has 0 amide bonds. The minimum Gasteiger partial charge on any atom is -0.465 e. The summed E-state index contributed by atoms with van der Waals surface area (Å²) in [5, 5.41) is 9.80. The van der Waals surface area contributed by atoms with Crippen LogP contribution >= 0.6 is 0 Å². The van der Waals surface area contributed by atoms with Gasteiger partial charge in [0.25, 0.3) is 12.0 Å². The predicted octanol–water partition coefficient (Wildman–Crippen LogP) is -1.62. The van der Waals surface area contributed by atoms with E-state index >= 15 is 0 Å². The van der Waals surface area contributed by atoms with Crippen LogP contribution in [0.2, 0.25) is 0 Å². The van der Waals surface area contributed by atoms with Crippen LogP contribution in [0.3, 0.4) is 0 Å². The first-order valence-corrected chi connectivity index (χ1v) is 5.57. The summed E-state index contributed by atoms with van der Waals surface area (Å²) in [6.45, 7) is 0.0570. The molecule has 10 heteroatoms.